The number of rotatable bonds is 5. The molecule has 0 amide bonds. The van der Waals surface area contributed by atoms with Crippen molar-refractivity contribution >= 4 is 28.9 Å². The summed E-state index contributed by atoms with van der Waals surface area (Å²) in [4.78, 5) is 11.1. The van der Waals surface area contributed by atoms with Crippen molar-refractivity contribution in [2.45, 2.75) is 24.0 Å². The largest absolute Gasteiger partial charge is 0.299 e. The zero-order valence-electron chi connectivity index (χ0n) is 7.08. The highest BCUT2D eigenvalue weighted by atomic mass is 32.2. The molecule has 0 atom stereocenters. The van der Waals surface area contributed by atoms with E-state index in [1.165, 1.54) is 4.21 Å². The number of thiophene rings is 1. The first kappa shape index (κ1) is 9.81. The number of carbonyl (C=O) groups is 1. The van der Waals surface area contributed by atoms with E-state index in [1.807, 2.05) is 18.4 Å². The normalized spacial score (nSPS) is 10.1. The van der Waals surface area contributed by atoms with E-state index in [9.17, 15) is 4.79 Å². The van der Waals surface area contributed by atoms with Gasteiger partial charge in [0.2, 0.25) is 0 Å². The SMILES string of the molecule is CCCC(=O)CSc1cccs1. The molecule has 1 rings (SSSR count). The number of hydrogen-bond donors (Lipinski definition) is 0. The maximum absolute atomic E-state index is 11.1. The van der Waals surface area contributed by atoms with E-state index < -0.39 is 0 Å². The van der Waals surface area contributed by atoms with Crippen molar-refractivity contribution in [1.82, 2.24) is 0 Å². The Balaban J connectivity index is 2.22. The van der Waals surface area contributed by atoms with Crippen molar-refractivity contribution in [1.29, 1.82) is 0 Å². The van der Waals surface area contributed by atoms with Crippen LogP contribution in [-0.4, -0.2) is 11.5 Å². The fraction of sp³-hybridized carbons (Fsp3) is 0.444. The highest BCUT2D eigenvalue weighted by Crippen LogP contribution is 2.23. The second-order valence-corrected chi connectivity index (χ2v) is 4.73. The molecular formula is C9H12OS2. The lowest BCUT2D eigenvalue weighted by Gasteiger charge is -1.95. The van der Waals surface area contributed by atoms with Gasteiger partial charge < -0.3 is 0 Å². The Morgan fingerprint density at radius 1 is 1.67 bits per heavy atom. The van der Waals surface area contributed by atoms with E-state index in [2.05, 4.69) is 6.07 Å². The number of hydrogen-bond acceptors (Lipinski definition) is 3. The lowest BCUT2D eigenvalue weighted by Crippen LogP contribution is -1.99. The minimum atomic E-state index is 0.357. The van der Waals surface area contributed by atoms with Gasteiger partial charge in [0.05, 0.1) is 9.96 Å². The summed E-state index contributed by atoms with van der Waals surface area (Å²) < 4.78 is 1.24. The van der Waals surface area contributed by atoms with Gasteiger partial charge in [-0.1, -0.05) is 13.0 Å². The van der Waals surface area contributed by atoms with E-state index in [-0.39, 0.29) is 0 Å². The molecule has 3 heteroatoms. The van der Waals surface area contributed by atoms with E-state index in [4.69, 9.17) is 0 Å². The Hall–Kier alpha value is -0.280. The van der Waals surface area contributed by atoms with Crippen LogP contribution in [0.5, 0.6) is 0 Å². The Kier molecular flexibility index (Phi) is 4.40. The highest BCUT2D eigenvalue weighted by molar-refractivity contribution is 8.01. The van der Waals surface area contributed by atoms with Gasteiger partial charge in [-0.3, -0.25) is 4.79 Å². The minimum Gasteiger partial charge on any atom is -0.299 e. The van der Waals surface area contributed by atoms with Crippen molar-refractivity contribution in [2.24, 2.45) is 0 Å². The van der Waals surface area contributed by atoms with Gasteiger partial charge in [0.25, 0.3) is 0 Å². The standard InChI is InChI=1S/C9H12OS2/c1-2-4-8(10)7-12-9-5-3-6-11-9/h3,5-6H,2,4,7H2,1H3. The van der Waals surface area contributed by atoms with Gasteiger partial charge in [0, 0.05) is 6.42 Å². The van der Waals surface area contributed by atoms with Crippen molar-refractivity contribution in [3.05, 3.63) is 17.5 Å². The molecule has 0 aromatic carbocycles. The van der Waals surface area contributed by atoms with Crippen LogP contribution >= 0.6 is 23.1 Å². The summed E-state index contributed by atoms with van der Waals surface area (Å²) in [6.07, 6.45) is 1.68. The predicted molar refractivity (Wildman–Crippen MR) is 55.0 cm³/mol. The molecule has 1 aromatic heterocycles. The summed E-state index contributed by atoms with van der Waals surface area (Å²) in [6.45, 7) is 2.04. The van der Waals surface area contributed by atoms with Crippen LogP contribution in [0.15, 0.2) is 21.7 Å². The monoisotopic (exact) mass is 200 g/mol. The third-order valence-electron chi connectivity index (χ3n) is 1.40. The van der Waals surface area contributed by atoms with Crippen LogP contribution in [0, 0.1) is 0 Å². The van der Waals surface area contributed by atoms with Crippen LogP contribution in [0.25, 0.3) is 0 Å². The summed E-state index contributed by atoms with van der Waals surface area (Å²) in [6, 6.07) is 4.06. The van der Waals surface area contributed by atoms with E-state index >= 15 is 0 Å². The molecule has 0 bridgehead atoms. The Bertz CT molecular complexity index is 229. The first-order valence-corrected chi connectivity index (χ1v) is 5.87. The molecule has 1 heterocycles. The molecule has 0 saturated carbocycles. The van der Waals surface area contributed by atoms with Crippen molar-refractivity contribution < 1.29 is 4.79 Å². The van der Waals surface area contributed by atoms with Crippen LogP contribution in [-0.2, 0) is 4.79 Å². The molecule has 0 aliphatic carbocycles. The summed E-state index contributed by atoms with van der Waals surface area (Å²) in [5.41, 5.74) is 0. The average Bonchev–Trinajstić information content (AvgIpc) is 2.53. The lowest BCUT2D eigenvalue weighted by atomic mass is 10.3. The van der Waals surface area contributed by atoms with Crippen LogP contribution in [0.1, 0.15) is 19.8 Å². The van der Waals surface area contributed by atoms with Crippen molar-refractivity contribution in [3.8, 4) is 0 Å². The Labute approximate surface area is 81.2 Å². The quantitative estimate of drug-likeness (QED) is 0.679. The summed E-state index contributed by atoms with van der Waals surface area (Å²) in [7, 11) is 0. The number of Topliss-reactive ketones (excluding diaryl/α,β-unsaturated/α-hetero) is 1. The Morgan fingerprint density at radius 3 is 3.08 bits per heavy atom. The zero-order valence-corrected chi connectivity index (χ0v) is 8.71. The summed E-state index contributed by atoms with van der Waals surface area (Å²) in [5, 5.41) is 2.03. The molecule has 0 N–H and O–H groups in total. The van der Waals surface area contributed by atoms with Gasteiger partial charge in [-0.2, -0.15) is 0 Å². The van der Waals surface area contributed by atoms with Gasteiger partial charge in [0.1, 0.15) is 5.78 Å². The van der Waals surface area contributed by atoms with Gasteiger partial charge in [-0.15, -0.1) is 23.1 Å². The molecule has 12 heavy (non-hydrogen) atoms. The molecule has 0 saturated heterocycles. The molecule has 66 valence electrons. The lowest BCUT2D eigenvalue weighted by molar-refractivity contribution is -0.116. The molecule has 1 aromatic rings. The maximum Gasteiger partial charge on any atom is 0.143 e. The second-order valence-electron chi connectivity index (χ2n) is 2.51. The van der Waals surface area contributed by atoms with Gasteiger partial charge in [-0.05, 0) is 17.9 Å². The topological polar surface area (TPSA) is 17.1 Å². The van der Waals surface area contributed by atoms with Crippen LogP contribution < -0.4 is 0 Å². The third kappa shape index (κ3) is 3.41. The van der Waals surface area contributed by atoms with Crippen molar-refractivity contribution in [3.63, 3.8) is 0 Å². The predicted octanol–water partition coefficient (Wildman–Crippen LogP) is 3.21. The average molecular weight is 200 g/mol. The van der Waals surface area contributed by atoms with E-state index in [0.29, 0.717) is 11.5 Å². The minimum absolute atomic E-state index is 0.357. The molecule has 0 spiro atoms. The molecule has 0 fully saturated rings. The summed E-state index contributed by atoms with van der Waals surface area (Å²) >= 11 is 3.34. The molecular weight excluding hydrogens is 188 g/mol. The molecule has 0 radical (unpaired) electrons. The first-order chi connectivity index (χ1) is 5.83. The van der Waals surface area contributed by atoms with Gasteiger partial charge in [-0.25, -0.2) is 0 Å². The maximum atomic E-state index is 11.1. The van der Waals surface area contributed by atoms with E-state index in [1.54, 1.807) is 23.1 Å². The fourth-order valence-corrected chi connectivity index (χ4v) is 2.53. The van der Waals surface area contributed by atoms with Gasteiger partial charge in [0.15, 0.2) is 0 Å². The van der Waals surface area contributed by atoms with Crippen LogP contribution in [0.4, 0.5) is 0 Å². The number of carbonyl (C=O) groups excluding carboxylic acids is 1. The van der Waals surface area contributed by atoms with Crippen LogP contribution in [0.2, 0.25) is 0 Å². The molecule has 0 unspecified atom stereocenters. The zero-order chi connectivity index (χ0) is 8.81. The number of thioether (sulfide) groups is 1. The fourth-order valence-electron chi connectivity index (χ4n) is 0.848. The molecule has 0 aliphatic heterocycles. The smallest absolute Gasteiger partial charge is 0.143 e. The summed E-state index contributed by atoms with van der Waals surface area (Å²) in [5.74, 6) is 0.991. The Morgan fingerprint density at radius 2 is 2.50 bits per heavy atom. The van der Waals surface area contributed by atoms with Crippen LogP contribution in [0.3, 0.4) is 0 Å². The van der Waals surface area contributed by atoms with Crippen molar-refractivity contribution in [2.75, 3.05) is 5.75 Å². The number of ketones is 1. The second kappa shape index (κ2) is 5.38. The first-order valence-electron chi connectivity index (χ1n) is 4.01. The molecule has 1 nitrogen and oxygen atoms in total. The molecule has 0 aliphatic rings. The van der Waals surface area contributed by atoms with E-state index in [0.717, 1.165) is 12.8 Å². The highest BCUT2D eigenvalue weighted by Gasteiger charge is 2.01. The van der Waals surface area contributed by atoms with Gasteiger partial charge >= 0.3 is 0 Å². The third-order valence-corrected chi connectivity index (χ3v) is 3.59.